The van der Waals surface area contributed by atoms with Gasteiger partial charge in [0.2, 0.25) is 5.91 Å². The van der Waals surface area contributed by atoms with Crippen LogP contribution in [-0.2, 0) is 14.1 Å². The lowest BCUT2D eigenvalue weighted by molar-refractivity contribution is -0.123. The Balaban J connectivity index is 1.31. The molecule has 2 aliphatic heterocycles. The molecule has 0 radical (unpaired) electrons. The Labute approximate surface area is 215 Å². The Hall–Kier alpha value is -2.55. The normalized spacial score (nSPS) is 20.8. The first-order valence-corrected chi connectivity index (χ1v) is 13.1. The molecule has 0 aromatic heterocycles. The maximum Gasteiger partial charge on any atom is 0.494 e. The largest absolute Gasteiger partial charge is 0.494 e. The number of aliphatic hydroxyl groups excluding tert-OH is 1. The van der Waals surface area contributed by atoms with E-state index >= 15 is 0 Å². The van der Waals surface area contributed by atoms with Gasteiger partial charge in [0.25, 0.3) is 0 Å². The van der Waals surface area contributed by atoms with E-state index in [0.29, 0.717) is 6.42 Å². The van der Waals surface area contributed by atoms with E-state index in [2.05, 4.69) is 67.1 Å². The van der Waals surface area contributed by atoms with Crippen molar-refractivity contribution in [1.82, 2.24) is 0 Å². The molecule has 1 amide bonds. The van der Waals surface area contributed by atoms with Gasteiger partial charge in [-0.1, -0.05) is 19.1 Å². The van der Waals surface area contributed by atoms with Crippen molar-refractivity contribution in [1.29, 1.82) is 0 Å². The number of piperazine rings is 1. The second-order valence-electron chi connectivity index (χ2n) is 10.9. The Morgan fingerprint density at radius 1 is 0.917 bits per heavy atom. The zero-order valence-corrected chi connectivity index (χ0v) is 22.5. The summed E-state index contributed by atoms with van der Waals surface area (Å²) in [6.07, 6.45) is -0.0574. The molecule has 2 fully saturated rings. The highest BCUT2D eigenvalue weighted by molar-refractivity contribution is 6.62. The third-order valence-corrected chi connectivity index (χ3v) is 7.92. The number of nitrogens with one attached hydrogen (secondary N) is 1. The minimum absolute atomic E-state index is 0.140. The zero-order valence-electron chi connectivity index (χ0n) is 22.5. The molecule has 2 saturated heterocycles. The quantitative estimate of drug-likeness (QED) is 0.574. The van der Waals surface area contributed by atoms with Crippen LogP contribution >= 0.6 is 0 Å². The number of hydrogen-bond acceptors (Lipinski definition) is 6. The maximum atomic E-state index is 12.4. The topological polar surface area (TPSA) is 74.3 Å². The molecule has 0 bridgehead atoms. The van der Waals surface area contributed by atoms with E-state index in [-0.39, 0.29) is 24.2 Å². The van der Waals surface area contributed by atoms with E-state index in [1.165, 1.54) is 5.69 Å². The van der Waals surface area contributed by atoms with Crippen LogP contribution in [0.2, 0.25) is 0 Å². The molecule has 4 rings (SSSR count). The highest BCUT2D eigenvalue weighted by Crippen LogP contribution is 2.36. The number of amides is 1. The molecule has 2 aliphatic rings. The number of anilines is 3. The van der Waals surface area contributed by atoms with Crippen LogP contribution in [0.4, 0.5) is 17.1 Å². The predicted octanol–water partition coefficient (Wildman–Crippen LogP) is 3.66. The summed E-state index contributed by atoms with van der Waals surface area (Å²) >= 11 is 0. The number of nitrogens with zero attached hydrogens (tertiary/aromatic N) is 2. The van der Waals surface area contributed by atoms with Gasteiger partial charge in [-0.3, -0.25) is 4.79 Å². The van der Waals surface area contributed by atoms with Gasteiger partial charge in [0.1, 0.15) is 0 Å². The lowest BCUT2D eigenvalue weighted by Gasteiger charge is -2.37. The Kier molecular flexibility index (Phi) is 7.69. The number of hydrogen-bond donors (Lipinski definition) is 2. The summed E-state index contributed by atoms with van der Waals surface area (Å²) < 4.78 is 12.4. The number of benzene rings is 2. The summed E-state index contributed by atoms with van der Waals surface area (Å²) in [4.78, 5) is 17.2. The summed E-state index contributed by atoms with van der Waals surface area (Å²) in [6.45, 7) is 15.6. The van der Waals surface area contributed by atoms with Crippen molar-refractivity contribution in [3.8, 4) is 0 Å². The minimum Gasteiger partial charge on any atom is -0.399 e. The van der Waals surface area contributed by atoms with Gasteiger partial charge in [-0.2, -0.15) is 0 Å². The third-order valence-electron chi connectivity index (χ3n) is 7.92. The van der Waals surface area contributed by atoms with Crippen LogP contribution in [0.1, 0.15) is 48.0 Å². The van der Waals surface area contributed by atoms with Gasteiger partial charge in [-0.05, 0) is 82.9 Å². The van der Waals surface area contributed by atoms with E-state index in [4.69, 9.17) is 9.31 Å². The van der Waals surface area contributed by atoms with Gasteiger partial charge in [0.05, 0.1) is 23.2 Å². The van der Waals surface area contributed by atoms with E-state index < -0.39 is 12.0 Å². The van der Waals surface area contributed by atoms with Crippen LogP contribution in [0, 0.1) is 5.92 Å². The van der Waals surface area contributed by atoms with Crippen molar-refractivity contribution in [3.63, 3.8) is 0 Å². The molecule has 2 atom stereocenters. The maximum absolute atomic E-state index is 12.4. The van der Waals surface area contributed by atoms with E-state index in [0.717, 1.165) is 43.0 Å². The summed E-state index contributed by atoms with van der Waals surface area (Å²) in [7, 11) is -0.339. The van der Waals surface area contributed by atoms with E-state index in [1.807, 2.05) is 31.2 Å². The monoisotopic (exact) mass is 493 g/mol. The van der Waals surface area contributed by atoms with E-state index in [1.54, 1.807) is 6.92 Å². The molecule has 2 aromatic carbocycles. The lowest BCUT2D eigenvalue weighted by atomic mass is 9.79. The van der Waals surface area contributed by atoms with Gasteiger partial charge < -0.3 is 29.5 Å². The fourth-order valence-corrected chi connectivity index (χ4v) is 4.78. The highest BCUT2D eigenvalue weighted by atomic mass is 16.7. The van der Waals surface area contributed by atoms with Gasteiger partial charge >= 0.3 is 7.12 Å². The third kappa shape index (κ3) is 5.56. The van der Waals surface area contributed by atoms with Crippen LogP contribution in [0.5, 0.6) is 0 Å². The number of carbonyl (C=O) groups excluding carboxylic acids is 1. The first-order chi connectivity index (χ1) is 17.0. The van der Waals surface area contributed by atoms with Crippen LogP contribution < -0.4 is 20.6 Å². The van der Waals surface area contributed by atoms with Crippen LogP contribution in [0.25, 0.3) is 0 Å². The summed E-state index contributed by atoms with van der Waals surface area (Å²) in [5.41, 5.74) is 3.46. The molecular formula is C28H40BN3O4. The van der Waals surface area contributed by atoms with Crippen molar-refractivity contribution >= 4 is 35.6 Å². The van der Waals surface area contributed by atoms with Gasteiger partial charge in [-0.15, -0.1) is 0 Å². The Morgan fingerprint density at radius 3 is 1.78 bits per heavy atom. The van der Waals surface area contributed by atoms with Crippen LogP contribution in [0.15, 0.2) is 48.5 Å². The fourth-order valence-electron chi connectivity index (χ4n) is 4.78. The molecule has 194 valence electrons. The highest BCUT2D eigenvalue weighted by Gasteiger charge is 2.51. The first-order valence-electron chi connectivity index (χ1n) is 13.1. The number of aliphatic hydroxyl groups is 1. The molecule has 7 nitrogen and oxygen atoms in total. The minimum atomic E-state index is -0.662. The average Bonchev–Trinajstić information content (AvgIpc) is 3.06. The molecule has 0 aliphatic carbocycles. The summed E-state index contributed by atoms with van der Waals surface area (Å²) in [5, 5.41) is 12.7. The summed E-state index contributed by atoms with van der Waals surface area (Å²) in [5.74, 6) is -0.540. The van der Waals surface area contributed by atoms with Gasteiger partial charge in [0, 0.05) is 43.2 Å². The van der Waals surface area contributed by atoms with Gasteiger partial charge in [-0.25, -0.2) is 0 Å². The van der Waals surface area contributed by atoms with Crippen molar-refractivity contribution in [2.24, 2.45) is 5.92 Å². The molecular weight excluding hydrogens is 453 g/mol. The molecule has 8 heteroatoms. The average molecular weight is 493 g/mol. The zero-order chi connectivity index (χ0) is 26.1. The van der Waals surface area contributed by atoms with E-state index in [9.17, 15) is 9.90 Å². The van der Waals surface area contributed by atoms with Crippen molar-refractivity contribution in [2.45, 2.75) is 65.3 Å². The second-order valence-corrected chi connectivity index (χ2v) is 10.9. The van der Waals surface area contributed by atoms with Gasteiger partial charge in [0.15, 0.2) is 0 Å². The number of carbonyl (C=O) groups is 1. The van der Waals surface area contributed by atoms with Crippen molar-refractivity contribution in [3.05, 3.63) is 48.5 Å². The molecule has 0 spiro atoms. The molecule has 2 unspecified atom stereocenters. The molecule has 2 heterocycles. The smallest absolute Gasteiger partial charge is 0.399 e. The molecule has 0 saturated carbocycles. The molecule has 36 heavy (non-hydrogen) atoms. The first kappa shape index (κ1) is 26.5. The summed E-state index contributed by atoms with van der Waals surface area (Å²) in [6, 6.07) is 16.5. The van der Waals surface area contributed by atoms with Crippen LogP contribution in [0.3, 0.4) is 0 Å². The fraction of sp³-hybridized carbons (Fsp3) is 0.536. The van der Waals surface area contributed by atoms with Crippen LogP contribution in [-0.4, -0.2) is 61.6 Å². The predicted molar refractivity (Wildman–Crippen MR) is 147 cm³/mol. The lowest BCUT2D eigenvalue weighted by Crippen LogP contribution is -2.46. The van der Waals surface area contributed by atoms with Crippen molar-refractivity contribution < 1.29 is 19.2 Å². The molecule has 2 N–H and O–H groups in total. The second kappa shape index (κ2) is 10.4. The number of rotatable bonds is 7. The Bertz CT molecular complexity index is 1020. The standard InChI is InChI=1S/C28H40BN3O4/c1-7-25(20(2)33)26(34)30-22-10-14-24(15-11-22)32-18-16-31(17-19-32)23-12-8-21(9-13-23)29-35-27(3,4)28(5,6)36-29/h8-15,20,25,33H,7,16-19H2,1-6H3,(H,30,34). The van der Waals surface area contributed by atoms with Crippen molar-refractivity contribution in [2.75, 3.05) is 41.3 Å². The Morgan fingerprint density at radius 2 is 1.36 bits per heavy atom. The molecule has 2 aromatic rings. The SMILES string of the molecule is CCC(C(=O)Nc1ccc(N2CCN(c3ccc(B4OC(C)(C)C(C)(C)O4)cc3)CC2)cc1)C(C)O.